The van der Waals surface area contributed by atoms with Gasteiger partial charge in [-0.2, -0.15) is 0 Å². The first-order valence-corrected chi connectivity index (χ1v) is 5.73. The normalized spacial score (nSPS) is 16.3. The first-order chi connectivity index (χ1) is 6.84. The van der Waals surface area contributed by atoms with Crippen molar-refractivity contribution >= 4 is 5.91 Å². The standard InChI is InChI=1S/C12H21NO/c1-2-3-4-5-6-7-10-13-11-8-9-12(13)14/h2H,1,3-11H2. The van der Waals surface area contributed by atoms with Crippen molar-refractivity contribution in [1.82, 2.24) is 4.90 Å². The lowest BCUT2D eigenvalue weighted by Gasteiger charge is -2.14. The van der Waals surface area contributed by atoms with Crippen LogP contribution in [0.3, 0.4) is 0 Å². The summed E-state index contributed by atoms with van der Waals surface area (Å²) in [6.45, 7) is 5.67. The van der Waals surface area contributed by atoms with E-state index in [2.05, 4.69) is 6.58 Å². The van der Waals surface area contributed by atoms with Gasteiger partial charge in [0.1, 0.15) is 0 Å². The number of carbonyl (C=O) groups is 1. The van der Waals surface area contributed by atoms with Crippen molar-refractivity contribution in [3.8, 4) is 0 Å². The van der Waals surface area contributed by atoms with Gasteiger partial charge in [-0.25, -0.2) is 0 Å². The first kappa shape index (κ1) is 11.3. The van der Waals surface area contributed by atoms with Crippen LogP contribution in [0.4, 0.5) is 0 Å². The minimum absolute atomic E-state index is 0.357. The Morgan fingerprint density at radius 3 is 2.71 bits per heavy atom. The number of hydrogen-bond donors (Lipinski definition) is 0. The average Bonchev–Trinajstić information content (AvgIpc) is 2.58. The summed E-state index contributed by atoms with van der Waals surface area (Å²) in [4.78, 5) is 13.3. The summed E-state index contributed by atoms with van der Waals surface area (Å²) in [5.74, 6) is 0.357. The second-order valence-electron chi connectivity index (χ2n) is 3.98. The smallest absolute Gasteiger partial charge is 0.222 e. The summed E-state index contributed by atoms with van der Waals surface area (Å²) in [6.07, 6.45) is 9.88. The molecular weight excluding hydrogens is 174 g/mol. The van der Waals surface area contributed by atoms with Crippen molar-refractivity contribution in [3.05, 3.63) is 12.7 Å². The second kappa shape index (κ2) is 6.63. The number of nitrogens with zero attached hydrogens (tertiary/aromatic N) is 1. The van der Waals surface area contributed by atoms with Crippen molar-refractivity contribution in [2.45, 2.75) is 44.9 Å². The predicted molar refractivity (Wildman–Crippen MR) is 59.1 cm³/mol. The highest BCUT2D eigenvalue weighted by atomic mass is 16.2. The van der Waals surface area contributed by atoms with E-state index in [-0.39, 0.29) is 0 Å². The largest absolute Gasteiger partial charge is 0.343 e. The molecule has 80 valence electrons. The SMILES string of the molecule is C=CCCCCCCN1CCCC1=O. The van der Waals surface area contributed by atoms with Crippen molar-refractivity contribution < 1.29 is 4.79 Å². The van der Waals surface area contributed by atoms with E-state index in [1.54, 1.807) is 0 Å². The van der Waals surface area contributed by atoms with Crippen LogP contribution in [0.25, 0.3) is 0 Å². The Hall–Kier alpha value is -0.790. The number of unbranched alkanes of at least 4 members (excludes halogenated alkanes) is 4. The highest BCUT2D eigenvalue weighted by molar-refractivity contribution is 5.77. The fourth-order valence-electron chi connectivity index (χ4n) is 1.89. The van der Waals surface area contributed by atoms with Crippen molar-refractivity contribution in [1.29, 1.82) is 0 Å². The van der Waals surface area contributed by atoms with E-state index < -0.39 is 0 Å². The molecule has 0 aromatic heterocycles. The molecule has 0 aliphatic carbocycles. The first-order valence-electron chi connectivity index (χ1n) is 5.73. The summed E-state index contributed by atoms with van der Waals surface area (Å²) in [6, 6.07) is 0. The van der Waals surface area contributed by atoms with Gasteiger partial charge < -0.3 is 4.90 Å². The van der Waals surface area contributed by atoms with Gasteiger partial charge in [0.05, 0.1) is 0 Å². The van der Waals surface area contributed by atoms with Crippen LogP contribution in [0.2, 0.25) is 0 Å². The number of likely N-dealkylation sites (tertiary alicyclic amines) is 1. The van der Waals surface area contributed by atoms with Crippen LogP contribution in [-0.2, 0) is 4.79 Å². The molecule has 1 amide bonds. The van der Waals surface area contributed by atoms with Crippen LogP contribution in [0.1, 0.15) is 44.9 Å². The topological polar surface area (TPSA) is 20.3 Å². The summed E-state index contributed by atoms with van der Waals surface area (Å²) in [5.41, 5.74) is 0. The van der Waals surface area contributed by atoms with Gasteiger partial charge in [-0.3, -0.25) is 4.79 Å². The fourth-order valence-corrected chi connectivity index (χ4v) is 1.89. The maximum Gasteiger partial charge on any atom is 0.222 e. The molecule has 0 aromatic carbocycles. The monoisotopic (exact) mass is 195 g/mol. The highest BCUT2D eigenvalue weighted by Gasteiger charge is 2.18. The lowest BCUT2D eigenvalue weighted by atomic mass is 10.1. The zero-order chi connectivity index (χ0) is 10.2. The molecule has 2 nitrogen and oxygen atoms in total. The molecule has 0 N–H and O–H groups in total. The Kier molecular flexibility index (Phi) is 5.35. The molecule has 0 saturated carbocycles. The number of amides is 1. The second-order valence-corrected chi connectivity index (χ2v) is 3.98. The highest BCUT2D eigenvalue weighted by Crippen LogP contribution is 2.11. The van der Waals surface area contributed by atoms with Crippen molar-refractivity contribution in [2.75, 3.05) is 13.1 Å². The van der Waals surface area contributed by atoms with Crippen LogP contribution in [0.5, 0.6) is 0 Å². The molecule has 0 atom stereocenters. The van der Waals surface area contributed by atoms with E-state index in [1.807, 2.05) is 11.0 Å². The van der Waals surface area contributed by atoms with Gasteiger partial charge in [-0.15, -0.1) is 6.58 Å². The van der Waals surface area contributed by atoms with Crippen molar-refractivity contribution in [3.63, 3.8) is 0 Å². The van der Waals surface area contributed by atoms with E-state index >= 15 is 0 Å². The zero-order valence-corrected chi connectivity index (χ0v) is 9.00. The van der Waals surface area contributed by atoms with E-state index in [1.165, 1.54) is 25.7 Å². The third-order valence-corrected chi connectivity index (χ3v) is 2.76. The Labute approximate surface area is 87.0 Å². The molecule has 1 rings (SSSR count). The van der Waals surface area contributed by atoms with Gasteiger partial charge in [0.15, 0.2) is 0 Å². The van der Waals surface area contributed by atoms with E-state index in [9.17, 15) is 4.79 Å². The van der Waals surface area contributed by atoms with Gasteiger partial charge >= 0.3 is 0 Å². The molecule has 1 heterocycles. The lowest BCUT2D eigenvalue weighted by Crippen LogP contribution is -2.25. The van der Waals surface area contributed by atoms with E-state index in [0.717, 1.165) is 32.4 Å². The minimum atomic E-state index is 0.357. The third kappa shape index (κ3) is 3.95. The predicted octanol–water partition coefficient (Wildman–Crippen LogP) is 2.75. The molecule has 14 heavy (non-hydrogen) atoms. The maximum absolute atomic E-state index is 11.3. The van der Waals surface area contributed by atoms with Gasteiger partial charge in [0.25, 0.3) is 0 Å². The van der Waals surface area contributed by atoms with E-state index in [0.29, 0.717) is 5.91 Å². The maximum atomic E-state index is 11.3. The molecule has 1 aliphatic heterocycles. The van der Waals surface area contributed by atoms with Crippen LogP contribution >= 0.6 is 0 Å². The minimum Gasteiger partial charge on any atom is -0.343 e. The molecule has 1 fully saturated rings. The van der Waals surface area contributed by atoms with Gasteiger partial charge in [-0.05, 0) is 25.7 Å². The summed E-state index contributed by atoms with van der Waals surface area (Å²) < 4.78 is 0. The molecule has 0 aromatic rings. The Morgan fingerprint density at radius 1 is 1.29 bits per heavy atom. The molecule has 0 bridgehead atoms. The van der Waals surface area contributed by atoms with Crippen LogP contribution in [0, 0.1) is 0 Å². The zero-order valence-electron chi connectivity index (χ0n) is 9.00. The summed E-state index contributed by atoms with van der Waals surface area (Å²) >= 11 is 0. The molecule has 1 saturated heterocycles. The summed E-state index contributed by atoms with van der Waals surface area (Å²) in [7, 11) is 0. The molecule has 0 spiro atoms. The molecule has 0 radical (unpaired) electrons. The Bertz CT molecular complexity index is 189. The van der Waals surface area contributed by atoms with Crippen LogP contribution < -0.4 is 0 Å². The third-order valence-electron chi connectivity index (χ3n) is 2.76. The molecule has 2 heteroatoms. The van der Waals surface area contributed by atoms with Gasteiger partial charge in [0.2, 0.25) is 5.91 Å². The van der Waals surface area contributed by atoms with E-state index in [4.69, 9.17) is 0 Å². The molecule has 1 aliphatic rings. The number of allylic oxidation sites excluding steroid dienone is 1. The molecule has 0 unspecified atom stereocenters. The van der Waals surface area contributed by atoms with Crippen LogP contribution in [0.15, 0.2) is 12.7 Å². The summed E-state index contributed by atoms with van der Waals surface area (Å²) in [5, 5.41) is 0. The van der Waals surface area contributed by atoms with Gasteiger partial charge in [0, 0.05) is 19.5 Å². The van der Waals surface area contributed by atoms with Crippen LogP contribution in [-0.4, -0.2) is 23.9 Å². The Balaban J connectivity index is 1.93. The van der Waals surface area contributed by atoms with Crippen molar-refractivity contribution in [2.24, 2.45) is 0 Å². The number of hydrogen-bond acceptors (Lipinski definition) is 1. The van der Waals surface area contributed by atoms with Gasteiger partial charge in [-0.1, -0.05) is 18.9 Å². The quantitative estimate of drug-likeness (QED) is 0.452. The fraction of sp³-hybridized carbons (Fsp3) is 0.750. The number of rotatable bonds is 7. The lowest BCUT2D eigenvalue weighted by molar-refractivity contribution is -0.127. The number of carbonyl (C=O) groups excluding carboxylic acids is 1. The Morgan fingerprint density at radius 2 is 2.07 bits per heavy atom. The average molecular weight is 195 g/mol. The molecular formula is C12H21NO.